The van der Waals surface area contributed by atoms with Gasteiger partial charge in [-0.15, -0.1) is 11.8 Å². The molecule has 0 aliphatic rings. The molecule has 5 heteroatoms. The van der Waals surface area contributed by atoms with Gasteiger partial charge in [0.25, 0.3) is 0 Å². The standard InChI is InChI=1S/C12H19NO2S2/c1-4-5-10-13(2)17(14,15)12-8-6-11(16-3)7-9-12/h6-9H,4-5,10H2,1-3H3. The zero-order valence-electron chi connectivity index (χ0n) is 10.5. The van der Waals surface area contributed by atoms with Crippen molar-refractivity contribution in [2.75, 3.05) is 19.8 Å². The number of rotatable bonds is 6. The molecule has 1 rings (SSSR count). The van der Waals surface area contributed by atoms with Crippen LogP contribution >= 0.6 is 11.8 Å². The van der Waals surface area contributed by atoms with Gasteiger partial charge in [-0.05, 0) is 36.9 Å². The summed E-state index contributed by atoms with van der Waals surface area (Å²) in [7, 11) is -1.68. The molecule has 96 valence electrons. The van der Waals surface area contributed by atoms with Gasteiger partial charge in [0, 0.05) is 18.5 Å². The van der Waals surface area contributed by atoms with Gasteiger partial charge in [-0.2, -0.15) is 0 Å². The summed E-state index contributed by atoms with van der Waals surface area (Å²) in [6.07, 6.45) is 3.85. The number of hydrogen-bond acceptors (Lipinski definition) is 3. The maximum absolute atomic E-state index is 12.2. The lowest BCUT2D eigenvalue weighted by Gasteiger charge is -2.16. The van der Waals surface area contributed by atoms with Crippen LogP contribution in [0.2, 0.25) is 0 Å². The molecule has 3 nitrogen and oxygen atoms in total. The van der Waals surface area contributed by atoms with Crippen LogP contribution in [0, 0.1) is 0 Å². The van der Waals surface area contributed by atoms with E-state index in [2.05, 4.69) is 0 Å². The molecule has 0 fully saturated rings. The lowest BCUT2D eigenvalue weighted by molar-refractivity contribution is 0.459. The first kappa shape index (κ1) is 14.5. The molecule has 17 heavy (non-hydrogen) atoms. The van der Waals surface area contributed by atoms with Crippen molar-refractivity contribution in [1.82, 2.24) is 4.31 Å². The highest BCUT2D eigenvalue weighted by atomic mass is 32.2. The molecule has 0 aromatic heterocycles. The highest BCUT2D eigenvalue weighted by molar-refractivity contribution is 7.98. The van der Waals surface area contributed by atoms with E-state index in [-0.39, 0.29) is 0 Å². The Hall–Kier alpha value is -0.520. The zero-order chi connectivity index (χ0) is 12.9. The Bertz CT molecular complexity index is 440. The van der Waals surface area contributed by atoms with Crippen molar-refractivity contribution in [3.8, 4) is 0 Å². The molecule has 1 aromatic rings. The fourth-order valence-electron chi connectivity index (χ4n) is 1.43. The second-order valence-electron chi connectivity index (χ2n) is 3.86. The van der Waals surface area contributed by atoms with Crippen LogP contribution in [0.15, 0.2) is 34.1 Å². The summed E-state index contributed by atoms with van der Waals surface area (Å²) < 4.78 is 25.7. The van der Waals surface area contributed by atoms with Crippen molar-refractivity contribution in [3.05, 3.63) is 24.3 Å². The van der Waals surface area contributed by atoms with Gasteiger partial charge in [0.15, 0.2) is 0 Å². The number of hydrogen-bond donors (Lipinski definition) is 0. The van der Waals surface area contributed by atoms with E-state index in [9.17, 15) is 8.42 Å². The summed E-state index contributed by atoms with van der Waals surface area (Å²) in [4.78, 5) is 1.44. The second kappa shape index (κ2) is 6.42. The summed E-state index contributed by atoms with van der Waals surface area (Å²) in [5.74, 6) is 0. The van der Waals surface area contributed by atoms with E-state index >= 15 is 0 Å². The van der Waals surface area contributed by atoms with E-state index in [1.165, 1.54) is 4.31 Å². The summed E-state index contributed by atoms with van der Waals surface area (Å²) in [5, 5.41) is 0. The van der Waals surface area contributed by atoms with Crippen LogP contribution in [0.1, 0.15) is 19.8 Å². The Morgan fingerprint density at radius 2 is 1.82 bits per heavy atom. The molecule has 0 N–H and O–H groups in total. The molecular formula is C12H19NO2S2. The van der Waals surface area contributed by atoms with Crippen LogP contribution in [0.25, 0.3) is 0 Å². The van der Waals surface area contributed by atoms with Gasteiger partial charge in [0.05, 0.1) is 4.90 Å². The van der Waals surface area contributed by atoms with E-state index in [1.807, 2.05) is 25.3 Å². The minimum absolute atomic E-state index is 0.369. The van der Waals surface area contributed by atoms with Gasteiger partial charge in [-0.25, -0.2) is 12.7 Å². The molecule has 0 unspecified atom stereocenters. The SMILES string of the molecule is CCCCN(C)S(=O)(=O)c1ccc(SC)cc1. The Morgan fingerprint density at radius 3 is 2.29 bits per heavy atom. The van der Waals surface area contributed by atoms with Gasteiger partial charge in [0.2, 0.25) is 10.0 Å². The smallest absolute Gasteiger partial charge is 0.207 e. The molecule has 0 saturated carbocycles. The maximum Gasteiger partial charge on any atom is 0.242 e. The van der Waals surface area contributed by atoms with E-state index in [1.54, 1.807) is 30.9 Å². The molecule has 0 heterocycles. The average molecular weight is 273 g/mol. The topological polar surface area (TPSA) is 37.4 Å². The summed E-state index contributed by atoms with van der Waals surface area (Å²) in [6.45, 7) is 2.62. The van der Waals surface area contributed by atoms with Crippen molar-refractivity contribution in [2.45, 2.75) is 29.6 Å². The van der Waals surface area contributed by atoms with Crippen LogP contribution in [0.4, 0.5) is 0 Å². The van der Waals surface area contributed by atoms with Gasteiger partial charge < -0.3 is 0 Å². The first-order valence-corrected chi connectivity index (χ1v) is 8.29. The molecule has 0 saturated heterocycles. The third-order valence-electron chi connectivity index (χ3n) is 2.59. The maximum atomic E-state index is 12.2. The molecule has 0 aliphatic heterocycles. The molecular weight excluding hydrogens is 254 g/mol. The minimum atomic E-state index is -3.31. The second-order valence-corrected chi connectivity index (χ2v) is 6.78. The van der Waals surface area contributed by atoms with E-state index in [0.29, 0.717) is 11.4 Å². The van der Waals surface area contributed by atoms with E-state index in [4.69, 9.17) is 0 Å². The number of nitrogens with zero attached hydrogens (tertiary/aromatic N) is 1. The number of benzene rings is 1. The van der Waals surface area contributed by atoms with E-state index < -0.39 is 10.0 Å². The van der Waals surface area contributed by atoms with Gasteiger partial charge in [-0.1, -0.05) is 13.3 Å². The largest absolute Gasteiger partial charge is 0.242 e. The van der Waals surface area contributed by atoms with Crippen molar-refractivity contribution >= 4 is 21.8 Å². The molecule has 0 radical (unpaired) electrons. The minimum Gasteiger partial charge on any atom is -0.207 e. The predicted octanol–water partition coefficient (Wildman–Crippen LogP) is 2.83. The average Bonchev–Trinajstić information content (AvgIpc) is 2.35. The third kappa shape index (κ3) is 3.72. The summed E-state index contributed by atoms with van der Waals surface area (Å²) in [5.41, 5.74) is 0. The fraction of sp³-hybridized carbons (Fsp3) is 0.500. The Labute approximate surface area is 108 Å². The Morgan fingerprint density at radius 1 is 1.24 bits per heavy atom. The van der Waals surface area contributed by atoms with Crippen molar-refractivity contribution in [3.63, 3.8) is 0 Å². The first-order chi connectivity index (χ1) is 8.02. The molecule has 1 aromatic carbocycles. The lowest BCUT2D eigenvalue weighted by Crippen LogP contribution is -2.27. The number of sulfonamides is 1. The van der Waals surface area contributed by atoms with Crippen LogP contribution in [-0.2, 0) is 10.0 Å². The number of thioether (sulfide) groups is 1. The third-order valence-corrected chi connectivity index (χ3v) is 5.21. The monoisotopic (exact) mass is 273 g/mol. The van der Waals surface area contributed by atoms with Crippen LogP contribution in [0.5, 0.6) is 0 Å². The van der Waals surface area contributed by atoms with Crippen molar-refractivity contribution in [2.24, 2.45) is 0 Å². The molecule has 0 atom stereocenters. The molecule has 0 aliphatic carbocycles. The van der Waals surface area contributed by atoms with Gasteiger partial charge >= 0.3 is 0 Å². The molecule has 0 spiro atoms. The van der Waals surface area contributed by atoms with Gasteiger partial charge in [0.1, 0.15) is 0 Å². The Balaban J connectivity index is 2.88. The van der Waals surface area contributed by atoms with Crippen molar-refractivity contribution < 1.29 is 8.42 Å². The molecule has 0 amide bonds. The normalized spacial score (nSPS) is 12.0. The quantitative estimate of drug-likeness (QED) is 0.748. The van der Waals surface area contributed by atoms with Crippen LogP contribution < -0.4 is 0 Å². The van der Waals surface area contributed by atoms with Crippen molar-refractivity contribution in [1.29, 1.82) is 0 Å². The Kier molecular flexibility index (Phi) is 5.49. The van der Waals surface area contributed by atoms with Gasteiger partial charge in [-0.3, -0.25) is 0 Å². The van der Waals surface area contributed by atoms with Crippen LogP contribution in [0.3, 0.4) is 0 Å². The van der Waals surface area contributed by atoms with Crippen LogP contribution in [-0.4, -0.2) is 32.6 Å². The number of unbranched alkanes of at least 4 members (excludes halogenated alkanes) is 1. The highest BCUT2D eigenvalue weighted by Crippen LogP contribution is 2.19. The lowest BCUT2D eigenvalue weighted by atomic mass is 10.3. The van der Waals surface area contributed by atoms with E-state index in [0.717, 1.165) is 17.7 Å². The zero-order valence-corrected chi connectivity index (χ0v) is 12.1. The predicted molar refractivity (Wildman–Crippen MR) is 72.9 cm³/mol. The molecule has 0 bridgehead atoms. The summed E-state index contributed by atoms with van der Waals surface area (Å²) in [6, 6.07) is 7.02. The highest BCUT2D eigenvalue weighted by Gasteiger charge is 2.19. The first-order valence-electron chi connectivity index (χ1n) is 5.62. The summed E-state index contributed by atoms with van der Waals surface area (Å²) >= 11 is 1.60. The fourth-order valence-corrected chi connectivity index (χ4v) is 3.05.